The van der Waals surface area contributed by atoms with Gasteiger partial charge in [0.05, 0.1) is 11.6 Å². The number of nitriles is 1. The average molecular weight is 174 g/mol. The first-order valence-corrected chi connectivity index (χ1v) is 3.52. The minimum absolute atomic E-state index is 0.320. The molecule has 0 aromatic heterocycles. The van der Waals surface area contributed by atoms with Gasteiger partial charge in [-0.15, -0.1) is 0 Å². The molecule has 13 heavy (non-hydrogen) atoms. The number of carbonyl (C=O) groups is 2. The van der Waals surface area contributed by atoms with Gasteiger partial charge in [-0.2, -0.15) is 5.26 Å². The van der Waals surface area contributed by atoms with E-state index in [0.717, 1.165) is 0 Å². The van der Waals surface area contributed by atoms with Gasteiger partial charge < -0.3 is 0 Å². The van der Waals surface area contributed by atoms with Crippen LogP contribution in [0.15, 0.2) is 24.3 Å². The van der Waals surface area contributed by atoms with Crippen LogP contribution in [0.3, 0.4) is 0 Å². The summed E-state index contributed by atoms with van der Waals surface area (Å²) in [6.07, 6.45) is 0.320. The second-order valence-corrected chi connectivity index (χ2v) is 2.28. The summed E-state index contributed by atoms with van der Waals surface area (Å²) in [5, 5.41) is 10.5. The van der Waals surface area contributed by atoms with Crippen molar-refractivity contribution >= 4 is 12.3 Å². The lowest BCUT2D eigenvalue weighted by atomic mass is 10.1. The molecule has 64 valence electrons. The molecule has 1 aromatic carbocycles. The molecule has 0 fully saturated rings. The van der Waals surface area contributed by atoms with Crippen molar-refractivity contribution in [3.63, 3.8) is 0 Å². The second-order valence-electron chi connectivity index (χ2n) is 2.28. The van der Waals surface area contributed by atoms with Gasteiger partial charge in [-0.3, -0.25) is 14.9 Å². The summed E-state index contributed by atoms with van der Waals surface area (Å²) < 4.78 is 0. The van der Waals surface area contributed by atoms with Crippen LogP contribution < -0.4 is 5.32 Å². The zero-order valence-electron chi connectivity index (χ0n) is 6.65. The molecule has 0 aliphatic carbocycles. The van der Waals surface area contributed by atoms with Gasteiger partial charge in [0.25, 0.3) is 5.91 Å². The number of carbonyl (C=O) groups excluding carboxylic acids is 2. The molecule has 1 rings (SSSR count). The molecule has 0 unspecified atom stereocenters. The number of hydrogen-bond donors (Lipinski definition) is 1. The van der Waals surface area contributed by atoms with Crippen molar-refractivity contribution in [3.05, 3.63) is 35.4 Å². The molecule has 1 aromatic rings. The highest BCUT2D eigenvalue weighted by molar-refractivity contribution is 5.99. The van der Waals surface area contributed by atoms with Crippen molar-refractivity contribution in [2.45, 2.75) is 0 Å². The largest absolute Gasteiger partial charge is 0.295 e. The molecule has 0 bridgehead atoms. The Balaban J connectivity index is 2.87. The number of hydrogen-bond acceptors (Lipinski definition) is 3. The van der Waals surface area contributed by atoms with Crippen LogP contribution in [-0.4, -0.2) is 12.3 Å². The Morgan fingerprint density at radius 1 is 1.38 bits per heavy atom. The molecular weight excluding hydrogens is 168 g/mol. The Labute approximate surface area is 74.8 Å². The summed E-state index contributed by atoms with van der Waals surface area (Å²) in [4.78, 5) is 20.9. The molecule has 0 aliphatic rings. The van der Waals surface area contributed by atoms with Crippen molar-refractivity contribution in [1.29, 1.82) is 5.26 Å². The Bertz CT molecular complexity index is 362. The second kappa shape index (κ2) is 4.02. The highest BCUT2D eigenvalue weighted by Crippen LogP contribution is 2.02. The molecule has 4 heteroatoms. The molecule has 2 amide bonds. The van der Waals surface area contributed by atoms with Gasteiger partial charge in [0.1, 0.15) is 0 Å². The number of amides is 2. The lowest BCUT2D eigenvalue weighted by molar-refractivity contribution is -0.108. The molecule has 0 spiro atoms. The number of nitrogens with one attached hydrogen (secondary N) is 1. The van der Waals surface area contributed by atoms with Crippen molar-refractivity contribution in [1.82, 2.24) is 5.32 Å². The molecular formula is C9H6N2O2. The molecule has 0 atom stereocenters. The summed E-state index contributed by atoms with van der Waals surface area (Å²) in [5.41, 5.74) is 0.828. The molecule has 0 radical (unpaired) electrons. The van der Waals surface area contributed by atoms with Gasteiger partial charge in [-0.25, -0.2) is 0 Å². The van der Waals surface area contributed by atoms with E-state index in [9.17, 15) is 9.59 Å². The third-order valence-electron chi connectivity index (χ3n) is 1.47. The van der Waals surface area contributed by atoms with E-state index in [-0.39, 0.29) is 0 Å². The van der Waals surface area contributed by atoms with Crippen LogP contribution in [0.25, 0.3) is 0 Å². The lowest BCUT2D eigenvalue weighted by Gasteiger charge is -1.96. The first kappa shape index (κ1) is 8.94. The van der Waals surface area contributed by atoms with Crippen molar-refractivity contribution in [2.75, 3.05) is 0 Å². The van der Waals surface area contributed by atoms with Crippen LogP contribution in [0.2, 0.25) is 0 Å². The standard InChI is InChI=1S/C9H6N2O2/c10-5-7-1-3-8(4-2-7)9(13)11-6-12/h1-4,6H,(H,11,12,13). The van der Waals surface area contributed by atoms with Crippen LogP contribution >= 0.6 is 0 Å². The third kappa shape index (κ3) is 2.14. The Morgan fingerprint density at radius 3 is 2.46 bits per heavy atom. The molecule has 4 nitrogen and oxygen atoms in total. The summed E-state index contributed by atoms with van der Waals surface area (Å²) in [7, 11) is 0. The number of rotatable bonds is 2. The Kier molecular flexibility index (Phi) is 2.77. The number of benzene rings is 1. The smallest absolute Gasteiger partial charge is 0.257 e. The predicted molar refractivity (Wildman–Crippen MR) is 44.7 cm³/mol. The van der Waals surface area contributed by atoms with Crippen LogP contribution in [0, 0.1) is 11.3 Å². The highest BCUT2D eigenvalue weighted by atomic mass is 16.2. The quantitative estimate of drug-likeness (QED) is 0.661. The molecule has 0 saturated heterocycles. The van der Waals surface area contributed by atoms with Crippen molar-refractivity contribution in [2.24, 2.45) is 0 Å². The molecule has 0 heterocycles. The minimum atomic E-state index is -0.473. The van der Waals surface area contributed by atoms with Gasteiger partial charge in [0.2, 0.25) is 6.41 Å². The summed E-state index contributed by atoms with van der Waals surface area (Å²) in [6.45, 7) is 0. The minimum Gasteiger partial charge on any atom is -0.295 e. The topological polar surface area (TPSA) is 70.0 Å². The van der Waals surface area contributed by atoms with E-state index in [1.165, 1.54) is 24.3 Å². The summed E-state index contributed by atoms with van der Waals surface area (Å²) in [6, 6.07) is 7.92. The summed E-state index contributed by atoms with van der Waals surface area (Å²) >= 11 is 0. The van der Waals surface area contributed by atoms with E-state index in [4.69, 9.17) is 5.26 Å². The van der Waals surface area contributed by atoms with Crippen LogP contribution in [0.5, 0.6) is 0 Å². The first-order valence-electron chi connectivity index (χ1n) is 3.52. The van der Waals surface area contributed by atoms with E-state index in [1.807, 2.05) is 11.4 Å². The predicted octanol–water partition coefficient (Wildman–Crippen LogP) is 0.444. The van der Waals surface area contributed by atoms with E-state index in [0.29, 0.717) is 17.5 Å². The summed E-state index contributed by atoms with van der Waals surface area (Å²) in [5.74, 6) is -0.473. The zero-order chi connectivity index (χ0) is 9.68. The van der Waals surface area contributed by atoms with Crippen LogP contribution in [0.1, 0.15) is 15.9 Å². The fraction of sp³-hybridized carbons (Fsp3) is 0. The highest BCUT2D eigenvalue weighted by Gasteiger charge is 2.02. The van der Waals surface area contributed by atoms with Crippen LogP contribution in [-0.2, 0) is 4.79 Å². The average Bonchev–Trinajstić information content (AvgIpc) is 2.18. The molecule has 0 saturated carbocycles. The van der Waals surface area contributed by atoms with E-state index < -0.39 is 5.91 Å². The normalized spacial score (nSPS) is 8.54. The lowest BCUT2D eigenvalue weighted by Crippen LogP contribution is -2.20. The monoisotopic (exact) mass is 174 g/mol. The van der Waals surface area contributed by atoms with Crippen molar-refractivity contribution in [3.8, 4) is 6.07 Å². The zero-order valence-corrected chi connectivity index (χ0v) is 6.65. The fourth-order valence-corrected chi connectivity index (χ4v) is 0.833. The Hall–Kier alpha value is -2.15. The van der Waals surface area contributed by atoms with Gasteiger partial charge in [-0.05, 0) is 24.3 Å². The molecule has 0 aliphatic heterocycles. The SMILES string of the molecule is N#Cc1ccc(C(=O)NC=O)cc1. The maximum atomic E-state index is 11.0. The van der Waals surface area contributed by atoms with E-state index >= 15 is 0 Å². The van der Waals surface area contributed by atoms with Gasteiger partial charge in [0, 0.05) is 5.56 Å². The third-order valence-corrected chi connectivity index (χ3v) is 1.47. The maximum absolute atomic E-state index is 11.0. The van der Waals surface area contributed by atoms with Gasteiger partial charge in [-0.1, -0.05) is 0 Å². The van der Waals surface area contributed by atoms with Gasteiger partial charge >= 0.3 is 0 Å². The van der Waals surface area contributed by atoms with E-state index in [2.05, 4.69) is 0 Å². The molecule has 1 N–H and O–H groups in total. The maximum Gasteiger partial charge on any atom is 0.257 e. The van der Waals surface area contributed by atoms with Crippen LogP contribution in [0.4, 0.5) is 0 Å². The number of imide groups is 1. The van der Waals surface area contributed by atoms with Crippen molar-refractivity contribution < 1.29 is 9.59 Å². The van der Waals surface area contributed by atoms with Gasteiger partial charge in [0.15, 0.2) is 0 Å². The Morgan fingerprint density at radius 2 is 2.00 bits per heavy atom. The number of nitrogens with zero attached hydrogens (tertiary/aromatic N) is 1. The van der Waals surface area contributed by atoms with E-state index in [1.54, 1.807) is 0 Å². The fourth-order valence-electron chi connectivity index (χ4n) is 0.833. The first-order chi connectivity index (χ1) is 6.27.